The third kappa shape index (κ3) is 4.82. The number of rotatable bonds is 5. The average Bonchev–Trinajstić information content (AvgIpc) is 2.63. The van der Waals surface area contributed by atoms with Crippen LogP contribution in [0.15, 0.2) is 42.5 Å². The fourth-order valence-corrected chi connectivity index (χ4v) is 3.23. The lowest BCUT2D eigenvalue weighted by Gasteiger charge is -2.32. The van der Waals surface area contributed by atoms with Gasteiger partial charge in [-0.2, -0.15) is 8.78 Å². The smallest absolute Gasteiger partial charge is 0.400 e. The molecule has 0 saturated heterocycles. The number of halogens is 4. The van der Waals surface area contributed by atoms with Crippen molar-refractivity contribution in [2.24, 2.45) is 11.8 Å². The van der Waals surface area contributed by atoms with E-state index in [-0.39, 0.29) is 12.9 Å². The van der Waals surface area contributed by atoms with Crippen LogP contribution in [0.25, 0.3) is 0 Å². The van der Waals surface area contributed by atoms with Gasteiger partial charge in [-0.25, -0.2) is 13.6 Å². The highest BCUT2D eigenvalue weighted by Gasteiger charge is 2.43. The third-order valence-electron chi connectivity index (χ3n) is 4.93. The molecular weight excluding hydrogens is 376 g/mol. The molecule has 0 unspecified atom stereocenters. The molecule has 0 heterocycles. The van der Waals surface area contributed by atoms with Crippen molar-refractivity contribution in [3.63, 3.8) is 0 Å². The van der Waals surface area contributed by atoms with Gasteiger partial charge in [0, 0.05) is 7.49 Å². The Kier molecular flexibility index (Phi) is 5.91. The van der Waals surface area contributed by atoms with E-state index in [2.05, 4.69) is 0 Å². The van der Waals surface area contributed by atoms with Crippen LogP contribution < -0.4 is 9.47 Å². The average molecular weight is 398 g/mol. The van der Waals surface area contributed by atoms with Gasteiger partial charge in [0.1, 0.15) is 23.1 Å². The van der Waals surface area contributed by atoms with E-state index in [0.717, 1.165) is 30.3 Å². The molecule has 2 aromatic rings. The SMILES string of the molecule is CC1CCC(C(F)(F)Oc2ccc(C(=O)Oc3ccc(F)cc3)c(F)c2)CC1.[HH]. The van der Waals surface area contributed by atoms with Gasteiger partial charge in [-0.3, -0.25) is 0 Å². The second kappa shape index (κ2) is 8.20. The summed E-state index contributed by atoms with van der Waals surface area (Å²) in [6.07, 6.45) is -1.32. The van der Waals surface area contributed by atoms with Crippen molar-refractivity contribution < 1.29 is 33.3 Å². The molecule has 1 aliphatic carbocycles. The number of carbonyl (C=O) groups is 1. The Bertz CT molecular complexity index is 834. The van der Waals surface area contributed by atoms with Gasteiger partial charge in [-0.15, -0.1) is 0 Å². The molecule has 1 aliphatic rings. The zero-order chi connectivity index (χ0) is 20.3. The molecule has 0 spiro atoms. The molecule has 0 N–H and O–H groups in total. The Morgan fingerprint density at radius 1 is 1.00 bits per heavy atom. The number of carbonyl (C=O) groups excluding carboxylic acids is 1. The van der Waals surface area contributed by atoms with Crippen molar-refractivity contribution in [1.82, 2.24) is 0 Å². The molecule has 0 radical (unpaired) electrons. The minimum Gasteiger partial charge on any atom is -0.432 e. The summed E-state index contributed by atoms with van der Waals surface area (Å²) in [6, 6.07) is 7.47. The van der Waals surface area contributed by atoms with Crippen molar-refractivity contribution in [3.05, 3.63) is 59.7 Å². The largest absolute Gasteiger partial charge is 0.432 e. The summed E-state index contributed by atoms with van der Waals surface area (Å²) in [5.41, 5.74) is -0.438. The first kappa shape index (κ1) is 20.2. The van der Waals surface area contributed by atoms with Crippen LogP contribution in [0.3, 0.4) is 0 Å². The summed E-state index contributed by atoms with van der Waals surface area (Å²) in [7, 11) is 0. The first-order chi connectivity index (χ1) is 13.2. The van der Waals surface area contributed by atoms with E-state index in [1.165, 1.54) is 12.1 Å². The molecule has 0 aliphatic heterocycles. The van der Waals surface area contributed by atoms with Crippen LogP contribution in [0.2, 0.25) is 0 Å². The maximum absolute atomic E-state index is 14.4. The lowest BCUT2D eigenvalue weighted by Crippen LogP contribution is -2.37. The van der Waals surface area contributed by atoms with Crippen LogP contribution in [-0.2, 0) is 0 Å². The maximum Gasteiger partial charge on any atom is 0.400 e. The Morgan fingerprint density at radius 3 is 2.21 bits per heavy atom. The lowest BCUT2D eigenvalue weighted by atomic mass is 9.82. The normalized spacial score (nSPS) is 19.9. The van der Waals surface area contributed by atoms with Gasteiger partial charge in [0.05, 0.1) is 11.5 Å². The van der Waals surface area contributed by atoms with E-state index in [0.29, 0.717) is 31.6 Å². The zero-order valence-electron chi connectivity index (χ0n) is 15.3. The van der Waals surface area contributed by atoms with E-state index < -0.39 is 35.2 Å². The molecule has 7 heteroatoms. The molecule has 28 heavy (non-hydrogen) atoms. The predicted molar refractivity (Wildman–Crippen MR) is 96.6 cm³/mol. The Morgan fingerprint density at radius 2 is 1.61 bits per heavy atom. The van der Waals surface area contributed by atoms with Crippen molar-refractivity contribution in [1.29, 1.82) is 0 Å². The van der Waals surface area contributed by atoms with Crippen molar-refractivity contribution in [2.75, 3.05) is 0 Å². The van der Waals surface area contributed by atoms with Crippen molar-refractivity contribution in [2.45, 2.75) is 38.7 Å². The number of ether oxygens (including phenoxy) is 2. The second-order valence-corrected chi connectivity index (χ2v) is 7.11. The monoisotopic (exact) mass is 398 g/mol. The van der Waals surface area contributed by atoms with Crippen LogP contribution in [-0.4, -0.2) is 12.1 Å². The maximum atomic E-state index is 14.4. The molecule has 0 aromatic heterocycles. The highest BCUT2D eigenvalue weighted by molar-refractivity contribution is 5.91. The summed E-state index contributed by atoms with van der Waals surface area (Å²) in [5.74, 6) is -3.42. The number of hydrogen-bond donors (Lipinski definition) is 0. The Hall–Kier alpha value is -2.57. The lowest BCUT2D eigenvalue weighted by molar-refractivity contribution is -0.223. The molecular formula is C21H22F4O3. The molecule has 0 bridgehead atoms. The fraction of sp³-hybridized carbons (Fsp3) is 0.381. The topological polar surface area (TPSA) is 35.5 Å². The number of hydrogen-bond acceptors (Lipinski definition) is 3. The summed E-state index contributed by atoms with van der Waals surface area (Å²) < 4.78 is 65.6. The highest BCUT2D eigenvalue weighted by Crippen LogP contribution is 2.40. The molecule has 152 valence electrons. The zero-order valence-corrected chi connectivity index (χ0v) is 15.3. The molecule has 3 nitrogen and oxygen atoms in total. The highest BCUT2D eigenvalue weighted by atomic mass is 19.3. The Balaban J connectivity index is 0.00000300. The minimum atomic E-state index is -3.41. The van der Waals surface area contributed by atoms with Gasteiger partial charge >= 0.3 is 12.1 Å². The summed E-state index contributed by atoms with van der Waals surface area (Å²) in [6.45, 7) is 2.02. The predicted octanol–water partition coefficient (Wildman–Crippen LogP) is 6.23. The molecule has 1 saturated carbocycles. The number of esters is 1. The van der Waals surface area contributed by atoms with E-state index in [4.69, 9.17) is 9.47 Å². The van der Waals surface area contributed by atoms with Crippen molar-refractivity contribution >= 4 is 5.97 Å². The third-order valence-corrected chi connectivity index (χ3v) is 4.93. The molecule has 2 aromatic carbocycles. The Labute approximate surface area is 161 Å². The van der Waals surface area contributed by atoms with Gasteiger partial charge in [-0.05, 0) is 55.2 Å². The van der Waals surface area contributed by atoms with Gasteiger partial charge < -0.3 is 9.47 Å². The quantitative estimate of drug-likeness (QED) is 0.340. The van der Waals surface area contributed by atoms with Crippen LogP contribution >= 0.6 is 0 Å². The summed E-state index contributed by atoms with van der Waals surface area (Å²) in [4.78, 5) is 12.0. The van der Waals surface area contributed by atoms with Crippen LogP contribution in [0.1, 0.15) is 44.4 Å². The molecule has 3 rings (SSSR count). The number of alkyl halides is 2. The van der Waals surface area contributed by atoms with Crippen LogP contribution in [0, 0.1) is 23.5 Å². The van der Waals surface area contributed by atoms with E-state index in [1.807, 2.05) is 6.92 Å². The first-order valence-electron chi connectivity index (χ1n) is 9.08. The van der Waals surface area contributed by atoms with E-state index in [9.17, 15) is 22.4 Å². The van der Waals surface area contributed by atoms with Gasteiger partial charge in [0.2, 0.25) is 0 Å². The minimum absolute atomic E-state index is 0. The summed E-state index contributed by atoms with van der Waals surface area (Å²) in [5, 5.41) is 0. The standard InChI is InChI=1S/C21H20F4O3.H2/c1-13-2-4-14(5-3-13)21(24,25)28-17-10-11-18(19(23)12-17)20(26)27-16-8-6-15(22)7-9-16;/h6-14H,2-5H2,1H3;1H. The molecule has 0 atom stereocenters. The van der Waals surface area contributed by atoms with Crippen molar-refractivity contribution in [3.8, 4) is 11.5 Å². The van der Waals surface area contributed by atoms with Gasteiger partial charge in [-0.1, -0.05) is 19.8 Å². The number of benzene rings is 2. The van der Waals surface area contributed by atoms with E-state index >= 15 is 0 Å². The van der Waals surface area contributed by atoms with Crippen LogP contribution in [0.4, 0.5) is 17.6 Å². The van der Waals surface area contributed by atoms with E-state index in [1.54, 1.807) is 0 Å². The first-order valence-corrected chi connectivity index (χ1v) is 9.08. The van der Waals surface area contributed by atoms with Gasteiger partial charge in [0.15, 0.2) is 0 Å². The summed E-state index contributed by atoms with van der Waals surface area (Å²) >= 11 is 0. The van der Waals surface area contributed by atoms with Crippen LogP contribution in [0.5, 0.6) is 11.5 Å². The molecule has 1 fully saturated rings. The molecule has 0 amide bonds. The second-order valence-electron chi connectivity index (χ2n) is 7.11. The van der Waals surface area contributed by atoms with Gasteiger partial charge in [0.25, 0.3) is 0 Å². The fourth-order valence-electron chi connectivity index (χ4n) is 3.23.